The van der Waals surface area contributed by atoms with Gasteiger partial charge in [-0.2, -0.15) is 0 Å². The highest BCUT2D eigenvalue weighted by molar-refractivity contribution is 6.00. The number of hydrogen-bond donors (Lipinski definition) is 1. The first-order valence-electron chi connectivity index (χ1n) is 5.65. The molecule has 16 heavy (non-hydrogen) atoms. The molecule has 2 N–H and O–H groups in total. The van der Waals surface area contributed by atoms with Crippen molar-refractivity contribution in [1.29, 1.82) is 0 Å². The lowest BCUT2D eigenvalue weighted by atomic mass is 10.1. The van der Waals surface area contributed by atoms with E-state index in [2.05, 4.69) is 29.8 Å². The largest absolute Gasteiger partial charge is 0.398 e. The summed E-state index contributed by atoms with van der Waals surface area (Å²) in [5.74, 6) is 0. The Morgan fingerprint density at radius 2 is 1.88 bits per heavy atom. The summed E-state index contributed by atoms with van der Waals surface area (Å²) < 4.78 is 0. The van der Waals surface area contributed by atoms with Crippen molar-refractivity contribution in [2.45, 2.75) is 13.8 Å². The molecule has 1 aromatic carbocycles. The fraction of sp³-hybridized carbons (Fsp3) is 0.308. The van der Waals surface area contributed by atoms with Crippen molar-refractivity contribution >= 4 is 22.1 Å². The lowest BCUT2D eigenvalue weighted by molar-refractivity contribution is 0.870. The molecule has 84 valence electrons. The highest BCUT2D eigenvalue weighted by Crippen LogP contribution is 2.29. The standard InChI is InChI=1S/C13H17N3/c1-3-16(4-2)13-6-5-12(14)10-7-8-15-9-11(10)13/h5-9H,3-4,14H2,1-2H3. The smallest absolute Gasteiger partial charge is 0.0462 e. The molecule has 3 nitrogen and oxygen atoms in total. The van der Waals surface area contributed by atoms with Gasteiger partial charge in [0.05, 0.1) is 0 Å². The van der Waals surface area contributed by atoms with Crippen molar-refractivity contribution < 1.29 is 0 Å². The summed E-state index contributed by atoms with van der Waals surface area (Å²) in [5, 5.41) is 2.21. The van der Waals surface area contributed by atoms with Crippen LogP contribution >= 0.6 is 0 Å². The van der Waals surface area contributed by atoms with E-state index in [1.54, 1.807) is 6.20 Å². The predicted octanol–water partition coefficient (Wildman–Crippen LogP) is 2.66. The van der Waals surface area contributed by atoms with Gasteiger partial charge >= 0.3 is 0 Å². The molecule has 0 saturated carbocycles. The minimum Gasteiger partial charge on any atom is -0.398 e. The van der Waals surface area contributed by atoms with Crippen LogP contribution in [0.5, 0.6) is 0 Å². The van der Waals surface area contributed by atoms with Gasteiger partial charge in [0.1, 0.15) is 0 Å². The average Bonchev–Trinajstić information content (AvgIpc) is 2.34. The van der Waals surface area contributed by atoms with Gasteiger partial charge < -0.3 is 10.6 Å². The van der Waals surface area contributed by atoms with Crippen molar-refractivity contribution in [2.75, 3.05) is 23.7 Å². The van der Waals surface area contributed by atoms with Crippen molar-refractivity contribution in [1.82, 2.24) is 4.98 Å². The minimum absolute atomic E-state index is 0.813. The second-order valence-corrected chi connectivity index (χ2v) is 3.77. The van der Waals surface area contributed by atoms with Crippen LogP contribution < -0.4 is 10.6 Å². The van der Waals surface area contributed by atoms with Gasteiger partial charge in [0.25, 0.3) is 0 Å². The molecule has 0 spiro atoms. The van der Waals surface area contributed by atoms with Crippen LogP contribution in [0.4, 0.5) is 11.4 Å². The molecule has 2 rings (SSSR count). The molecule has 0 amide bonds. The SMILES string of the molecule is CCN(CC)c1ccc(N)c2ccncc12. The molecule has 0 saturated heterocycles. The summed E-state index contributed by atoms with van der Waals surface area (Å²) in [6, 6.07) is 6.01. The Bertz CT molecular complexity index is 490. The van der Waals surface area contributed by atoms with Gasteiger partial charge in [0.2, 0.25) is 0 Å². The van der Waals surface area contributed by atoms with Gasteiger partial charge in [-0.15, -0.1) is 0 Å². The Morgan fingerprint density at radius 1 is 1.12 bits per heavy atom. The van der Waals surface area contributed by atoms with E-state index in [1.807, 2.05) is 18.3 Å². The fourth-order valence-corrected chi connectivity index (χ4v) is 2.04. The number of rotatable bonds is 3. The molecular formula is C13H17N3. The predicted molar refractivity (Wildman–Crippen MR) is 69.7 cm³/mol. The lowest BCUT2D eigenvalue weighted by Gasteiger charge is -2.23. The summed E-state index contributed by atoms with van der Waals surface area (Å²) in [6.45, 7) is 6.29. The van der Waals surface area contributed by atoms with E-state index in [9.17, 15) is 0 Å². The number of anilines is 2. The Morgan fingerprint density at radius 3 is 2.56 bits per heavy atom. The number of pyridine rings is 1. The zero-order valence-electron chi connectivity index (χ0n) is 9.77. The van der Waals surface area contributed by atoms with Gasteiger partial charge in [-0.05, 0) is 32.0 Å². The van der Waals surface area contributed by atoms with E-state index in [1.165, 1.54) is 5.69 Å². The van der Waals surface area contributed by atoms with E-state index in [0.29, 0.717) is 0 Å². The molecule has 3 heteroatoms. The quantitative estimate of drug-likeness (QED) is 0.800. The zero-order valence-corrected chi connectivity index (χ0v) is 9.77. The second kappa shape index (κ2) is 4.39. The summed E-state index contributed by atoms with van der Waals surface area (Å²) in [6.07, 6.45) is 3.67. The Labute approximate surface area is 95.9 Å². The van der Waals surface area contributed by atoms with Crippen molar-refractivity contribution in [3.8, 4) is 0 Å². The Balaban J connectivity index is 2.66. The van der Waals surface area contributed by atoms with E-state index in [0.717, 1.165) is 29.5 Å². The molecule has 0 unspecified atom stereocenters. The third-order valence-electron chi connectivity index (χ3n) is 2.93. The third kappa shape index (κ3) is 1.69. The first-order valence-corrected chi connectivity index (χ1v) is 5.65. The number of fused-ring (bicyclic) bond motifs is 1. The van der Waals surface area contributed by atoms with Gasteiger partial charge in [-0.1, -0.05) is 0 Å². The summed E-state index contributed by atoms with van der Waals surface area (Å²) in [7, 11) is 0. The maximum atomic E-state index is 5.96. The number of nitrogen functional groups attached to an aromatic ring is 1. The highest BCUT2D eigenvalue weighted by atomic mass is 15.1. The van der Waals surface area contributed by atoms with Crippen LogP contribution in [0.3, 0.4) is 0 Å². The van der Waals surface area contributed by atoms with Crippen molar-refractivity contribution in [3.63, 3.8) is 0 Å². The second-order valence-electron chi connectivity index (χ2n) is 3.77. The normalized spacial score (nSPS) is 10.6. The molecular weight excluding hydrogens is 198 g/mol. The molecule has 2 aromatic rings. The van der Waals surface area contributed by atoms with Gasteiger partial charge in [-0.3, -0.25) is 4.98 Å². The first-order chi connectivity index (χ1) is 7.77. The van der Waals surface area contributed by atoms with Crippen LogP contribution in [0.2, 0.25) is 0 Å². The Kier molecular flexibility index (Phi) is 2.95. The summed E-state index contributed by atoms with van der Waals surface area (Å²) >= 11 is 0. The molecule has 0 radical (unpaired) electrons. The summed E-state index contributed by atoms with van der Waals surface area (Å²) in [5.41, 5.74) is 7.99. The van der Waals surface area contributed by atoms with Crippen molar-refractivity contribution in [2.24, 2.45) is 0 Å². The number of aromatic nitrogens is 1. The molecule has 0 aliphatic carbocycles. The molecule has 0 bridgehead atoms. The minimum atomic E-state index is 0.813. The van der Waals surface area contributed by atoms with E-state index in [-0.39, 0.29) is 0 Å². The molecule has 0 fully saturated rings. The zero-order chi connectivity index (χ0) is 11.5. The average molecular weight is 215 g/mol. The van der Waals surface area contributed by atoms with Crippen LogP contribution in [0.15, 0.2) is 30.6 Å². The maximum absolute atomic E-state index is 5.96. The van der Waals surface area contributed by atoms with Crippen LogP contribution in [0.1, 0.15) is 13.8 Å². The number of nitrogens with zero attached hydrogens (tertiary/aromatic N) is 2. The van der Waals surface area contributed by atoms with Crippen LogP contribution in [-0.4, -0.2) is 18.1 Å². The van der Waals surface area contributed by atoms with E-state index in [4.69, 9.17) is 5.73 Å². The monoisotopic (exact) mass is 215 g/mol. The molecule has 0 atom stereocenters. The van der Waals surface area contributed by atoms with Crippen molar-refractivity contribution in [3.05, 3.63) is 30.6 Å². The van der Waals surface area contributed by atoms with Crippen LogP contribution in [-0.2, 0) is 0 Å². The molecule has 1 heterocycles. The Hall–Kier alpha value is -1.77. The fourth-order valence-electron chi connectivity index (χ4n) is 2.04. The van der Waals surface area contributed by atoms with E-state index >= 15 is 0 Å². The topological polar surface area (TPSA) is 42.1 Å². The van der Waals surface area contributed by atoms with Crippen LogP contribution in [0.25, 0.3) is 10.8 Å². The molecule has 0 aliphatic heterocycles. The number of nitrogens with two attached hydrogens (primary N) is 1. The number of hydrogen-bond acceptors (Lipinski definition) is 3. The first kappa shape index (κ1) is 10.7. The van der Waals surface area contributed by atoms with Crippen LogP contribution in [0, 0.1) is 0 Å². The lowest BCUT2D eigenvalue weighted by Crippen LogP contribution is -2.22. The third-order valence-corrected chi connectivity index (χ3v) is 2.93. The van der Waals surface area contributed by atoms with Gasteiger partial charge in [0.15, 0.2) is 0 Å². The maximum Gasteiger partial charge on any atom is 0.0462 e. The summed E-state index contributed by atoms with van der Waals surface area (Å²) in [4.78, 5) is 6.49. The van der Waals surface area contributed by atoms with E-state index < -0.39 is 0 Å². The number of benzene rings is 1. The molecule has 0 aliphatic rings. The van der Waals surface area contributed by atoms with Gasteiger partial charge in [-0.25, -0.2) is 0 Å². The molecule has 1 aromatic heterocycles. The highest BCUT2D eigenvalue weighted by Gasteiger charge is 2.08. The van der Waals surface area contributed by atoms with Gasteiger partial charge in [0, 0.05) is 47.6 Å².